The number of hydrogen-bond acceptors (Lipinski definition) is 2. The first kappa shape index (κ1) is 39.9. The van der Waals surface area contributed by atoms with E-state index < -0.39 is 5.41 Å². The quantitative estimate of drug-likeness (QED) is 0.165. The Morgan fingerprint density at radius 1 is 0.319 bits per heavy atom. The third-order valence-electron chi connectivity index (χ3n) is 16.2. The Bertz CT molecular complexity index is 3800. The summed E-state index contributed by atoms with van der Waals surface area (Å²) in [5, 5.41) is 2.28. The molecule has 0 spiro atoms. The summed E-state index contributed by atoms with van der Waals surface area (Å²) in [5.41, 5.74) is 25.0. The second-order valence-electron chi connectivity index (χ2n) is 20.4. The largest absolute Gasteiger partial charge is 0.455 e. The average Bonchev–Trinajstić information content (AvgIpc) is 4.06. The van der Waals surface area contributed by atoms with Gasteiger partial charge in [0.1, 0.15) is 11.2 Å². The van der Waals surface area contributed by atoms with Crippen LogP contribution in [0.5, 0.6) is 0 Å². The second kappa shape index (κ2) is 14.4. The molecule has 0 aliphatic heterocycles. The van der Waals surface area contributed by atoms with E-state index in [-0.39, 0.29) is 10.8 Å². The Balaban J connectivity index is 0.964. The van der Waals surface area contributed by atoms with Crippen molar-refractivity contribution in [1.29, 1.82) is 0 Å². The summed E-state index contributed by atoms with van der Waals surface area (Å²) in [7, 11) is 0. The number of hydrogen-bond donors (Lipinski definition) is 0. The van der Waals surface area contributed by atoms with Crippen LogP contribution in [0, 0.1) is 0 Å². The molecule has 69 heavy (non-hydrogen) atoms. The van der Waals surface area contributed by atoms with Crippen molar-refractivity contribution in [2.45, 2.75) is 43.9 Å². The molecule has 1 atom stereocenters. The monoisotopic (exact) mass is 883 g/mol. The topological polar surface area (TPSA) is 16.4 Å². The van der Waals surface area contributed by atoms with Crippen molar-refractivity contribution in [3.63, 3.8) is 0 Å². The van der Waals surface area contributed by atoms with Crippen molar-refractivity contribution in [1.82, 2.24) is 0 Å². The molecule has 2 heteroatoms. The standard InChI is InChI=1S/C67H49NO/c1-65(2)57-25-12-8-19-49(57)52-36-33-46(40-61(52)65)68(47-34-37-53-50-20-9-13-26-58(50)66(3,4)62(53)41-47)45-35-38-60-56(39-45)51-21-10-14-27-59(51)67(60,43-17-6-5-7-18-43)44-31-29-42(30-32-44)48-23-16-24-55-54-22-11-15-28-63(54)69-64(48)55/h5-41H,1-4H3. The lowest BCUT2D eigenvalue weighted by Gasteiger charge is -2.34. The third-order valence-corrected chi connectivity index (χ3v) is 16.2. The van der Waals surface area contributed by atoms with E-state index in [1.165, 1.54) is 77.9 Å². The SMILES string of the molecule is CC1(C)c2ccccc2-c2ccc(N(c3ccc4c(c3)-c3ccccc3C4(c3ccccc3)c3ccc(-c4cccc5c4oc4ccccc45)cc3)c3ccc4c(c3)C(C)(C)c3ccccc3-4)cc21. The van der Waals surface area contributed by atoms with E-state index in [0.29, 0.717) is 0 Å². The van der Waals surface area contributed by atoms with Gasteiger partial charge in [0, 0.05) is 44.2 Å². The number of benzene rings is 10. The van der Waals surface area contributed by atoms with Crippen LogP contribution < -0.4 is 4.90 Å². The van der Waals surface area contributed by atoms with Gasteiger partial charge in [-0.3, -0.25) is 0 Å². The van der Waals surface area contributed by atoms with Crippen LogP contribution in [0.25, 0.3) is 66.4 Å². The Morgan fingerprint density at radius 2 is 0.783 bits per heavy atom. The molecule has 3 aliphatic carbocycles. The molecule has 1 heterocycles. The van der Waals surface area contributed by atoms with Crippen LogP contribution in [0.1, 0.15) is 72.2 Å². The highest BCUT2D eigenvalue weighted by Crippen LogP contribution is 2.59. The van der Waals surface area contributed by atoms with Gasteiger partial charge in [0.2, 0.25) is 0 Å². The van der Waals surface area contributed by atoms with Gasteiger partial charge < -0.3 is 9.32 Å². The smallest absolute Gasteiger partial charge is 0.143 e. The van der Waals surface area contributed by atoms with Gasteiger partial charge >= 0.3 is 0 Å². The zero-order chi connectivity index (χ0) is 46.2. The van der Waals surface area contributed by atoms with E-state index in [2.05, 4.69) is 251 Å². The lowest BCUT2D eigenvalue weighted by molar-refractivity contribution is 0.660. The Morgan fingerprint density at radius 3 is 1.43 bits per heavy atom. The molecule has 11 aromatic rings. The van der Waals surface area contributed by atoms with E-state index in [1.54, 1.807) is 0 Å². The molecule has 0 fully saturated rings. The van der Waals surface area contributed by atoms with E-state index in [9.17, 15) is 0 Å². The number of para-hydroxylation sites is 2. The Hall–Kier alpha value is -8.20. The summed E-state index contributed by atoms with van der Waals surface area (Å²) in [6, 6.07) is 83.8. The van der Waals surface area contributed by atoms with Gasteiger partial charge in [-0.15, -0.1) is 0 Å². The van der Waals surface area contributed by atoms with Crippen LogP contribution >= 0.6 is 0 Å². The molecule has 1 aromatic heterocycles. The number of nitrogens with zero attached hydrogens (tertiary/aromatic N) is 1. The molecule has 14 rings (SSSR count). The fourth-order valence-electron chi connectivity index (χ4n) is 12.9. The van der Waals surface area contributed by atoms with Gasteiger partial charge in [-0.25, -0.2) is 0 Å². The maximum absolute atomic E-state index is 6.53. The fourth-order valence-corrected chi connectivity index (χ4v) is 12.9. The summed E-state index contributed by atoms with van der Waals surface area (Å²) in [4.78, 5) is 2.51. The maximum atomic E-state index is 6.53. The highest BCUT2D eigenvalue weighted by molar-refractivity contribution is 6.09. The van der Waals surface area contributed by atoms with Gasteiger partial charge in [0.25, 0.3) is 0 Å². The number of fused-ring (bicyclic) bond motifs is 12. The normalized spacial score (nSPS) is 16.4. The molecule has 0 bridgehead atoms. The minimum atomic E-state index is -0.562. The summed E-state index contributed by atoms with van der Waals surface area (Å²) in [6.07, 6.45) is 0. The van der Waals surface area contributed by atoms with Crippen LogP contribution in [-0.4, -0.2) is 0 Å². The summed E-state index contributed by atoms with van der Waals surface area (Å²) < 4.78 is 6.53. The molecule has 0 radical (unpaired) electrons. The molecular formula is C67H49NO. The predicted octanol–water partition coefficient (Wildman–Crippen LogP) is 17.7. The van der Waals surface area contributed by atoms with Crippen molar-refractivity contribution >= 4 is 39.0 Å². The molecule has 3 aliphatic rings. The lowest BCUT2D eigenvalue weighted by atomic mass is 9.67. The van der Waals surface area contributed by atoms with Crippen molar-refractivity contribution in [2.75, 3.05) is 4.90 Å². The van der Waals surface area contributed by atoms with E-state index in [1.807, 2.05) is 6.07 Å². The zero-order valence-corrected chi connectivity index (χ0v) is 39.2. The molecular weight excluding hydrogens is 835 g/mol. The highest BCUT2D eigenvalue weighted by Gasteiger charge is 2.46. The first-order chi connectivity index (χ1) is 33.7. The van der Waals surface area contributed by atoms with Crippen LogP contribution in [0.4, 0.5) is 17.1 Å². The number of furan rings is 1. The number of rotatable bonds is 6. The van der Waals surface area contributed by atoms with Crippen molar-refractivity contribution < 1.29 is 4.42 Å². The first-order valence-electron chi connectivity index (χ1n) is 24.3. The maximum Gasteiger partial charge on any atom is 0.143 e. The van der Waals surface area contributed by atoms with Gasteiger partial charge in [-0.05, 0) is 126 Å². The molecule has 0 saturated heterocycles. The minimum absolute atomic E-state index is 0.143. The Kier molecular flexibility index (Phi) is 8.33. The fraction of sp³-hybridized carbons (Fsp3) is 0.104. The molecule has 10 aromatic carbocycles. The van der Waals surface area contributed by atoms with Crippen molar-refractivity contribution in [3.05, 3.63) is 269 Å². The number of anilines is 3. The average molecular weight is 884 g/mol. The van der Waals surface area contributed by atoms with E-state index in [0.717, 1.165) is 50.1 Å². The minimum Gasteiger partial charge on any atom is -0.455 e. The van der Waals surface area contributed by atoms with Gasteiger partial charge in [-0.2, -0.15) is 0 Å². The summed E-state index contributed by atoms with van der Waals surface area (Å²) in [5.74, 6) is 0. The van der Waals surface area contributed by atoms with E-state index in [4.69, 9.17) is 4.42 Å². The molecule has 2 nitrogen and oxygen atoms in total. The van der Waals surface area contributed by atoms with Crippen LogP contribution in [0.15, 0.2) is 229 Å². The van der Waals surface area contributed by atoms with Crippen LogP contribution in [0.3, 0.4) is 0 Å². The molecule has 0 amide bonds. The lowest BCUT2D eigenvalue weighted by Crippen LogP contribution is -2.28. The van der Waals surface area contributed by atoms with Crippen LogP contribution in [0.2, 0.25) is 0 Å². The van der Waals surface area contributed by atoms with Crippen LogP contribution in [-0.2, 0) is 16.2 Å². The second-order valence-corrected chi connectivity index (χ2v) is 20.4. The molecule has 0 N–H and O–H groups in total. The van der Waals surface area contributed by atoms with Gasteiger partial charge in [0.15, 0.2) is 0 Å². The van der Waals surface area contributed by atoms with Crippen molar-refractivity contribution in [3.8, 4) is 44.5 Å². The van der Waals surface area contributed by atoms with Gasteiger partial charge in [0.05, 0.1) is 5.41 Å². The first-order valence-corrected chi connectivity index (χ1v) is 24.3. The third kappa shape index (κ3) is 5.49. The molecule has 328 valence electrons. The molecule has 0 saturated carbocycles. The molecule has 1 unspecified atom stereocenters. The zero-order valence-electron chi connectivity index (χ0n) is 39.2. The van der Waals surface area contributed by atoms with Crippen molar-refractivity contribution in [2.24, 2.45) is 0 Å². The Labute approximate surface area is 403 Å². The summed E-state index contributed by atoms with van der Waals surface area (Å²) in [6.45, 7) is 9.51. The van der Waals surface area contributed by atoms with Gasteiger partial charge in [-0.1, -0.05) is 210 Å². The highest BCUT2D eigenvalue weighted by atomic mass is 16.3. The van der Waals surface area contributed by atoms with E-state index >= 15 is 0 Å². The summed E-state index contributed by atoms with van der Waals surface area (Å²) >= 11 is 0. The predicted molar refractivity (Wildman–Crippen MR) is 286 cm³/mol.